The standard InChI is InChI=1S/C41H69NO7/c1-6-8-10-12-14-16-17-18-19-20-21-22-23-24-26-28-30-32-40(44)49-37(35-47-34-33-38(41(45)46)42(3,4)5)36-48-39(43)31-29-27-25-15-13-11-9-7-2/h8,10,14,16,18-19,21-22,24,26,37-38H,6-7,9,11-13,15,17,20,23,25,27-36H2,1-5H3/b10-8-,16-14-,19-18-,22-21-,26-24-. The minimum Gasteiger partial charge on any atom is -0.544 e. The summed E-state index contributed by atoms with van der Waals surface area (Å²) < 4.78 is 17.0. The summed E-state index contributed by atoms with van der Waals surface area (Å²) in [5.74, 6) is -1.83. The van der Waals surface area contributed by atoms with Crippen LogP contribution in [0, 0.1) is 0 Å². The molecule has 0 amide bonds. The summed E-state index contributed by atoms with van der Waals surface area (Å²) in [5.41, 5.74) is 0. The fraction of sp³-hybridized carbons (Fsp3) is 0.683. The molecule has 0 aromatic carbocycles. The summed E-state index contributed by atoms with van der Waals surface area (Å²) in [7, 11) is 5.36. The molecule has 280 valence electrons. The third-order valence-electron chi connectivity index (χ3n) is 7.92. The van der Waals surface area contributed by atoms with E-state index in [4.69, 9.17) is 14.2 Å². The van der Waals surface area contributed by atoms with Gasteiger partial charge >= 0.3 is 11.9 Å². The van der Waals surface area contributed by atoms with Gasteiger partial charge < -0.3 is 28.6 Å². The van der Waals surface area contributed by atoms with Crippen LogP contribution in [0.5, 0.6) is 0 Å². The third-order valence-corrected chi connectivity index (χ3v) is 7.92. The molecule has 8 heteroatoms. The number of rotatable bonds is 32. The second kappa shape index (κ2) is 32.2. The monoisotopic (exact) mass is 688 g/mol. The highest BCUT2D eigenvalue weighted by atomic mass is 16.6. The molecule has 0 spiro atoms. The largest absolute Gasteiger partial charge is 0.544 e. The molecule has 0 fully saturated rings. The van der Waals surface area contributed by atoms with Gasteiger partial charge in [-0.3, -0.25) is 9.59 Å². The van der Waals surface area contributed by atoms with Crippen molar-refractivity contribution in [3.8, 4) is 0 Å². The summed E-state index contributed by atoms with van der Waals surface area (Å²) in [4.78, 5) is 36.5. The van der Waals surface area contributed by atoms with Crippen molar-refractivity contribution >= 4 is 17.9 Å². The Hall–Kier alpha value is -2.97. The maximum atomic E-state index is 12.6. The lowest BCUT2D eigenvalue weighted by molar-refractivity contribution is -0.889. The van der Waals surface area contributed by atoms with Crippen molar-refractivity contribution in [2.45, 2.75) is 142 Å². The summed E-state index contributed by atoms with van der Waals surface area (Å²) in [5, 5.41) is 11.6. The second-order valence-electron chi connectivity index (χ2n) is 13.4. The van der Waals surface area contributed by atoms with Crippen molar-refractivity contribution in [2.75, 3.05) is 41.0 Å². The topological polar surface area (TPSA) is 102 Å². The summed E-state index contributed by atoms with van der Waals surface area (Å²) in [6.07, 6.45) is 36.9. The number of hydrogen-bond acceptors (Lipinski definition) is 7. The summed E-state index contributed by atoms with van der Waals surface area (Å²) in [6, 6.07) is -0.735. The molecule has 2 unspecified atom stereocenters. The number of nitrogens with zero attached hydrogens (tertiary/aromatic N) is 1. The Morgan fingerprint density at radius 2 is 1.14 bits per heavy atom. The highest BCUT2D eigenvalue weighted by Crippen LogP contribution is 2.12. The molecule has 0 aliphatic rings. The van der Waals surface area contributed by atoms with E-state index in [1.54, 1.807) is 21.1 Å². The lowest BCUT2D eigenvalue weighted by Crippen LogP contribution is -2.55. The molecule has 2 atom stereocenters. The lowest BCUT2D eigenvalue weighted by Gasteiger charge is -2.34. The second-order valence-corrected chi connectivity index (χ2v) is 13.4. The first kappa shape index (κ1) is 46.0. The molecule has 0 heterocycles. The average Bonchev–Trinajstić information content (AvgIpc) is 3.05. The van der Waals surface area contributed by atoms with Crippen LogP contribution in [0.3, 0.4) is 0 Å². The van der Waals surface area contributed by atoms with Gasteiger partial charge in [0.25, 0.3) is 0 Å². The Balaban J connectivity index is 4.52. The zero-order valence-electron chi connectivity index (χ0n) is 31.6. The predicted molar refractivity (Wildman–Crippen MR) is 199 cm³/mol. The third kappa shape index (κ3) is 30.8. The van der Waals surface area contributed by atoms with Crippen LogP contribution in [0.2, 0.25) is 0 Å². The molecule has 0 radical (unpaired) electrons. The SMILES string of the molecule is CC/C=C\C/C=C\C/C=C\C/C=C\C/C=C\CCCC(=O)OC(COCCC(C(=O)[O-])[N+](C)(C)C)COC(=O)CCCCCCCCCC. The van der Waals surface area contributed by atoms with E-state index in [0.29, 0.717) is 12.8 Å². The molecule has 0 N–H and O–H groups in total. The normalized spacial score (nSPS) is 13.7. The number of hydrogen-bond donors (Lipinski definition) is 0. The van der Waals surface area contributed by atoms with E-state index in [-0.39, 0.29) is 49.1 Å². The van der Waals surface area contributed by atoms with Crippen LogP contribution < -0.4 is 5.11 Å². The van der Waals surface area contributed by atoms with E-state index in [0.717, 1.165) is 57.8 Å². The number of likely N-dealkylation sites (N-methyl/N-ethyl adjacent to an activating group) is 1. The molecule has 0 saturated heterocycles. The van der Waals surface area contributed by atoms with Crippen molar-refractivity contribution in [3.63, 3.8) is 0 Å². The minimum absolute atomic E-state index is 0.0163. The summed E-state index contributed by atoms with van der Waals surface area (Å²) in [6.45, 7) is 4.42. The van der Waals surface area contributed by atoms with Crippen molar-refractivity contribution in [2.24, 2.45) is 0 Å². The van der Waals surface area contributed by atoms with Crippen LogP contribution in [-0.4, -0.2) is 75.5 Å². The molecule has 0 aliphatic carbocycles. The highest BCUT2D eigenvalue weighted by molar-refractivity contribution is 5.70. The highest BCUT2D eigenvalue weighted by Gasteiger charge is 2.25. The van der Waals surface area contributed by atoms with Crippen LogP contribution in [-0.2, 0) is 28.6 Å². The molecule has 0 aliphatic heterocycles. The van der Waals surface area contributed by atoms with E-state index < -0.39 is 18.1 Å². The number of ether oxygens (including phenoxy) is 3. The van der Waals surface area contributed by atoms with Gasteiger partial charge in [0, 0.05) is 19.3 Å². The van der Waals surface area contributed by atoms with Crippen LogP contribution in [0.25, 0.3) is 0 Å². The quantitative estimate of drug-likeness (QED) is 0.0305. The maximum Gasteiger partial charge on any atom is 0.306 e. The Morgan fingerprint density at radius 3 is 1.67 bits per heavy atom. The van der Waals surface area contributed by atoms with E-state index in [2.05, 4.69) is 74.6 Å². The smallest absolute Gasteiger partial charge is 0.306 e. The van der Waals surface area contributed by atoms with E-state index >= 15 is 0 Å². The number of carboxylic acid groups (broad SMARTS) is 1. The van der Waals surface area contributed by atoms with Gasteiger partial charge in [-0.15, -0.1) is 0 Å². The number of unbranched alkanes of at least 4 members (excludes halogenated alkanes) is 8. The fourth-order valence-corrected chi connectivity index (χ4v) is 4.99. The summed E-state index contributed by atoms with van der Waals surface area (Å²) >= 11 is 0. The van der Waals surface area contributed by atoms with E-state index in [9.17, 15) is 19.5 Å². The molecular weight excluding hydrogens is 618 g/mol. The van der Waals surface area contributed by atoms with Gasteiger partial charge in [-0.2, -0.15) is 0 Å². The van der Waals surface area contributed by atoms with Gasteiger partial charge in [0.1, 0.15) is 12.6 Å². The molecule has 0 bridgehead atoms. The van der Waals surface area contributed by atoms with E-state index in [1.165, 1.54) is 32.1 Å². The lowest BCUT2D eigenvalue weighted by atomic mass is 10.1. The first-order valence-electron chi connectivity index (χ1n) is 18.8. The molecule has 49 heavy (non-hydrogen) atoms. The van der Waals surface area contributed by atoms with Gasteiger partial charge in [0.15, 0.2) is 6.10 Å². The number of carbonyl (C=O) groups excluding carboxylic acids is 3. The van der Waals surface area contributed by atoms with Gasteiger partial charge in [0.2, 0.25) is 0 Å². The molecule has 0 rings (SSSR count). The molecule has 0 aromatic heterocycles. The predicted octanol–water partition coefficient (Wildman–Crippen LogP) is 8.13. The number of allylic oxidation sites excluding steroid dienone is 10. The zero-order valence-corrected chi connectivity index (χ0v) is 31.6. The number of esters is 2. The van der Waals surface area contributed by atoms with Crippen LogP contribution in [0.15, 0.2) is 60.8 Å². The zero-order chi connectivity index (χ0) is 36.4. The maximum absolute atomic E-state index is 12.6. The number of carbonyl (C=O) groups is 3. The van der Waals surface area contributed by atoms with Crippen molar-refractivity contribution < 1.29 is 38.2 Å². The van der Waals surface area contributed by atoms with Crippen LogP contribution >= 0.6 is 0 Å². The van der Waals surface area contributed by atoms with Gasteiger partial charge in [-0.1, -0.05) is 120 Å². The Labute approximate surface area is 298 Å². The number of quaternary nitrogens is 1. The number of carboxylic acids is 1. The van der Waals surface area contributed by atoms with Gasteiger partial charge in [0.05, 0.1) is 40.3 Å². The van der Waals surface area contributed by atoms with Crippen LogP contribution in [0.1, 0.15) is 129 Å². The van der Waals surface area contributed by atoms with Gasteiger partial charge in [-0.05, 0) is 51.4 Å². The fourth-order valence-electron chi connectivity index (χ4n) is 4.99. The minimum atomic E-state index is -1.14. The van der Waals surface area contributed by atoms with Crippen LogP contribution in [0.4, 0.5) is 0 Å². The Morgan fingerprint density at radius 1 is 0.633 bits per heavy atom. The first-order valence-corrected chi connectivity index (χ1v) is 18.8. The molecule has 8 nitrogen and oxygen atoms in total. The Kier molecular flexibility index (Phi) is 30.3. The first-order chi connectivity index (χ1) is 23.6. The Bertz CT molecular complexity index is 990. The van der Waals surface area contributed by atoms with E-state index in [1.807, 2.05) is 0 Å². The average molecular weight is 688 g/mol. The molecule has 0 aromatic rings. The van der Waals surface area contributed by atoms with Crippen molar-refractivity contribution in [1.29, 1.82) is 0 Å². The molecule has 0 saturated carbocycles. The number of aliphatic carboxylic acids is 1. The molecular formula is C41H69NO7. The van der Waals surface area contributed by atoms with Crippen molar-refractivity contribution in [1.82, 2.24) is 0 Å². The van der Waals surface area contributed by atoms with Crippen molar-refractivity contribution in [3.05, 3.63) is 60.8 Å². The van der Waals surface area contributed by atoms with Gasteiger partial charge in [-0.25, -0.2) is 0 Å².